The van der Waals surface area contributed by atoms with E-state index >= 15 is 0 Å². The minimum Gasteiger partial charge on any atom is -0.459 e. The van der Waals surface area contributed by atoms with Crippen LogP contribution >= 0.6 is 0 Å². The quantitative estimate of drug-likeness (QED) is 0.610. The van der Waals surface area contributed by atoms with Gasteiger partial charge in [0.25, 0.3) is 0 Å². The Bertz CT molecular complexity index is 685. The number of amides is 1. The van der Waals surface area contributed by atoms with Gasteiger partial charge in [-0.2, -0.15) is 0 Å². The smallest absolute Gasteiger partial charge is 0.338 e. The normalized spacial score (nSPS) is 19.4. The number of ether oxygens (including phenoxy) is 1. The third-order valence-corrected chi connectivity index (χ3v) is 4.94. The molecule has 0 aliphatic carbocycles. The first-order valence-electron chi connectivity index (χ1n) is 8.73. The average molecular weight is 343 g/mol. The van der Waals surface area contributed by atoms with E-state index in [9.17, 15) is 9.59 Å². The molecule has 0 radical (unpaired) electrons. The van der Waals surface area contributed by atoms with Crippen molar-refractivity contribution in [3.63, 3.8) is 0 Å². The molecule has 1 fully saturated rings. The topological polar surface area (TPSA) is 46.6 Å². The van der Waals surface area contributed by atoms with Crippen LogP contribution in [0.4, 0.5) is 0 Å². The predicted molar refractivity (Wildman–Crippen MR) is 99.6 cm³/mol. The molecule has 0 atom stereocenters. The number of piperidine rings is 1. The molecule has 1 heterocycles. The zero-order valence-electron chi connectivity index (χ0n) is 16.2. The molecule has 1 aliphatic rings. The number of nitrogens with zero attached hydrogens (tertiary/aromatic N) is 1. The van der Waals surface area contributed by atoms with Gasteiger partial charge in [0.1, 0.15) is 6.10 Å². The molecule has 25 heavy (non-hydrogen) atoms. The third-order valence-electron chi connectivity index (χ3n) is 4.94. The summed E-state index contributed by atoms with van der Waals surface area (Å²) in [5.41, 5.74) is 1.81. The van der Waals surface area contributed by atoms with Gasteiger partial charge in [-0.15, -0.1) is 0 Å². The number of likely N-dealkylation sites (tertiary alicyclic amines) is 1. The first-order chi connectivity index (χ1) is 11.5. The highest BCUT2D eigenvalue weighted by Gasteiger charge is 2.48. The molecule has 1 saturated heterocycles. The van der Waals surface area contributed by atoms with E-state index in [0.717, 1.165) is 11.1 Å². The Hall–Kier alpha value is -2.10. The van der Waals surface area contributed by atoms with E-state index < -0.39 is 11.1 Å². The molecule has 0 aromatic heterocycles. The number of esters is 1. The summed E-state index contributed by atoms with van der Waals surface area (Å²) in [6.07, 6.45) is 2.33. The highest BCUT2D eigenvalue weighted by Crippen LogP contribution is 2.40. The van der Waals surface area contributed by atoms with Gasteiger partial charge in [0.15, 0.2) is 0 Å². The number of carbonyl (C=O) groups excluding carboxylic acids is 2. The monoisotopic (exact) mass is 343 g/mol. The van der Waals surface area contributed by atoms with Gasteiger partial charge < -0.3 is 9.64 Å². The van der Waals surface area contributed by atoms with Crippen LogP contribution in [0, 0.1) is 13.8 Å². The van der Waals surface area contributed by atoms with Crippen LogP contribution in [0.3, 0.4) is 0 Å². The van der Waals surface area contributed by atoms with E-state index in [1.54, 1.807) is 0 Å². The Morgan fingerprint density at radius 2 is 1.72 bits per heavy atom. The van der Waals surface area contributed by atoms with Crippen molar-refractivity contribution < 1.29 is 14.3 Å². The standard InChI is InChI=1S/C21H29NO3/c1-8-18(23)22-20(4,5)12-16(13-21(22,6)7)25-19(24)17-10-9-14(2)11-15(17)3/h8-11,16H,1,12-13H2,2-7H3. The van der Waals surface area contributed by atoms with Gasteiger partial charge in [-0.05, 0) is 59.2 Å². The van der Waals surface area contributed by atoms with E-state index in [2.05, 4.69) is 6.58 Å². The number of carbonyl (C=O) groups is 2. The minimum absolute atomic E-state index is 0.0887. The van der Waals surface area contributed by atoms with E-state index in [-0.39, 0.29) is 18.0 Å². The number of hydrogen-bond donors (Lipinski definition) is 0. The van der Waals surface area contributed by atoms with Crippen molar-refractivity contribution in [1.29, 1.82) is 0 Å². The number of benzene rings is 1. The van der Waals surface area contributed by atoms with Crippen LogP contribution in [-0.2, 0) is 9.53 Å². The lowest BCUT2D eigenvalue weighted by atomic mass is 9.78. The Kier molecular flexibility index (Phi) is 5.12. The fraction of sp³-hybridized carbons (Fsp3) is 0.524. The summed E-state index contributed by atoms with van der Waals surface area (Å²) in [7, 11) is 0. The lowest BCUT2D eigenvalue weighted by molar-refractivity contribution is -0.149. The maximum Gasteiger partial charge on any atom is 0.338 e. The van der Waals surface area contributed by atoms with Crippen molar-refractivity contribution in [2.45, 2.75) is 71.6 Å². The van der Waals surface area contributed by atoms with Crippen LogP contribution in [0.15, 0.2) is 30.9 Å². The minimum atomic E-state index is -0.416. The summed E-state index contributed by atoms with van der Waals surface area (Å²) in [6, 6.07) is 5.72. The first kappa shape index (κ1) is 19.2. The largest absolute Gasteiger partial charge is 0.459 e. The zero-order valence-corrected chi connectivity index (χ0v) is 16.2. The molecule has 0 N–H and O–H groups in total. The molecule has 0 saturated carbocycles. The summed E-state index contributed by atoms with van der Waals surface area (Å²) in [5.74, 6) is -0.383. The molecule has 4 heteroatoms. The van der Waals surface area contributed by atoms with Crippen molar-refractivity contribution in [3.8, 4) is 0 Å². The number of aryl methyl sites for hydroxylation is 2. The maximum absolute atomic E-state index is 12.6. The second-order valence-electron chi connectivity index (χ2n) is 8.26. The first-order valence-corrected chi connectivity index (χ1v) is 8.73. The summed E-state index contributed by atoms with van der Waals surface area (Å²) in [5, 5.41) is 0. The van der Waals surface area contributed by atoms with Crippen LogP contribution in [0.25, 0.3) is 0 Å². The predicted octanol–water partition coefficient (Wildman–Crippen LogP) is 4.19. The van der Waals surface area contributed by atoms with Gasteiger partial charge in [-0.3, -0.25) is 4.79 Å². The van der Waals surface area contributed by atoms with Gasteiger partial charge >= 0.3 is 5.97 Å². The van der Waals surface area contributed by atoms with Crippen molar-refractivity contribution >= 4 is 11.9 Å². The van der Waals surface area contributed by atoms with Gasteiger partial charge in [-0.25, -0.2) is 4.79 Å². The number of rotatable bonds is 3. The Morgan fingerprint density at radius 1 is 1.16 bits per heavy atom. The van der Waals surface area contributed by atoms with Crippen LogP contribution in [0.1, 0.15) is 62.0 Å². The van der Waals surface area contributed by atoms with Crippen LogP contribution in [-0.4, -0.2) is 34.0 Å². The molecule has 0 unspecified atom stereocenters. The SMILES string of the molecule is C=CC(=O)N1C(C)(C)CC(OC(=O)c2ccc(C)cc2C)CC1(C)C. The van der Waals surface area contributed by atoms with Crippen LogP contribution < -0.4 is 0 Å². The summed E-state index contributed by atoms with van der Waals surface area (Å²) in [6.45, 7) is 15.6. The molecule has 1 amide bonds. The van der Waals surface area contributed by atoms with Crippen LogP contribution in [0.2, 0.25) is 0 Å². The highest BCUT2D eigenvalue weighted by atomic mass is 16.5. The number of hydrogen-bond acceptors (Lipinski definition) is 3. The lowest BCUT2D eigenvalue weighted by Crippen LogP contribution is -2.64. The van der Waals surface area contributed by atoms with Crippen molar-refractivity contribution in [1.82, 2.24) is 4.90 Å². The molecule has 4 nitrogen and oxygen atoms in total. The zero-order chi connectivity index (χ0) is 19.0. The third kappa shape index (κ3) is 3.94. The molecule has 1 aliphatic heterocycles. The Labute approximate surface area is 150 Å². The maximum atomic E-state index is 12.6. The molecule has 136 valence electrons. The van der Waals surface area contributed by atoms with Gasteiger partial charge in [-0.1, -0.05) is 24.3 Å². The fourth-order valence-corrected chi connectivity index (χ4v) is 4.22. The van der Waals surface area contributed by atoms with E-state index in [0.29, 0.717) is 18.4 Å². The van der Waals surface area contributed by atoms with Crippen molar-refractivity contribution in [3.05, 3.63) is 47.5 Å². The molecule has 0 bridgehead atoms. The average Bonchev–Trinajstić information content (AvgIpc) is 2.43. The second kappa shape index (κ2) is 6.66. The highest BCUT2D eigenvalue weighted by molar-refractivity contribution is 5.91. The van der Waals surface area contributed by atoms with E-state index in [4.69, 9.17) is 4.74 Å². The van der Waals surface area contributed by atoms with Crippen molar-refractivity contribution in [2.75, 3.05) is 0 Å². The summed E-state index contributed by atoms with van der Waals surface area (Å²) >= 11 is 0. The van der Waals surface area contributed by atoms with Crippen molar-refractivity contribution in [2.24, 2.45) is 0 Å². The molecule has 1 aromatic rings. The fourth-order valence-electron chi connectivity index (χ4n) is 4.22. The van der Waals surface area contributed by atoms with Gasteiger partial charge in [0, 0.05) is 23.9 Å². The molecule has 2 rings (SSSR count). The Morgan fingerprint density at radius 3 is 2.20 bits per heavy atom. The summed E-state index contributed by atoms with van der Waals surface area (Å²) < 4.78 is 5.83. The van der Waals surface area contributed by atoms with E-state index in [1.807, 2.05) is 64.6 Å². The van der Waals surface area contributed by atoms with Gasteiger partial charge in [0.2, 0.25) is 5.91 Å². The molecule has 0 spiro atoms. The Balaban J connectivity index is 2.21. The molecule has 1 aromatic carbocycles. The second-order valence-corrected chi connectivity index (χ2v) is 8.26. The van der Waals surface area contributed by atoms with Crippen LogP contribution in [0.5, 0.6) is 0 Å². The van der Waals surface area contributed by atoms with E-state index in [1.165, 1.54) is 6.08 Å². The molecular formula is C21H29NO3. The lowest BCUT2D eigenvalue weighted by Gasteiger charge is -2.54. The summed E-state index contributed by atoms with van der Waals surface area (Å²) in [4.78, 5) is 26.8. The molecular weight excluding hydrogens is 314 g/mol. The van der Waals surface area contributed by atoms with Gasteiger partial charge in [0.05, 0.1) is 5.56 Å².